The Morgan fingerprint density at radius 2 is 2.33 bits per heavy atom. The van der Waals surface area contributed by atoms with Crippen molar-refractivity contribution >= 4 is 27.9 Å². The molecule has 1 aromatic rings. The third kappa shape index (κ3) is 3.15. The molecule has 1 saturated heterocycles. The summed E-state index contributed by atoms with van der Waals surface area (Å²) in [6, 6.07) is 0. The zero-order valence-electron chi connectivity index (χ0n) is 12.9. The van der Waals surface area contributed by atoms with Crippen molar-refractivity contribution in [3.63, 3.8) is 0 Å². The molecule has 0 atom stereocenters. The number of nitrogens with two attached hydrogens (primary N) is 1. The van der Waals surface area contributed by atoms with Crippen molar-refractivity contribution < 1.29 is 9.53 Å². The van der Waals surface area contributed by atoms with Crippen molar-refractivity contribution in [1.29, 1.82) is 0 Å². The van der Waals surface area contributed by atoms with Crippen LogP contribution >= 0.6 is 11.3 Å². The first-order valence-corrected chi connectivity index (χ1v) is 7.81. The van der Waals surface area contributed by atoms with Crippen LogP contribution in [0.5, 0.6) is 5.75 Å². The summed E-state index contributed by atoms with van der Waals surface area (Å²) in [4.78, 5) is 14.9. The highest BCUT2D eigenvalue weighted by Gasteiger charge is 2.33. The molecule has 0 aliphatic carbocycles. The Labute approximate surface area is 129 Å². The lowest BCUT2D eigenvalue weighted by molar-refractivity contribution is 0.0962. The summed E-state index contributed by atoms with van der Waals surface area (Å²) < 4.78 is 5.44. The Balaban J connectivity index is 2.30. The maximum absolute atomic E-state index is 12.1. The molecular formula is C15H23N3O2S. The van der Waals surface area contributed by atoms with Crippen LogP contribution in [0.4, 0.5) is 10.7 Å². The van der Waals surface area contributed by atoms with E-state index >= 15 is 0 Å². The van der Waals surface area contributed by atoms with Crippen LogP contribution in [-0.2, 0) is 0 Å². The number of carbonyl (C=O) groups excluding carboxylic acids is 1. The fraction of sp³-hybridized carbons (Fsp3) is 0.533. The summed E-state index contributed by atoms with van der Waals surface area (Å²) in [6.07, 6.45) is 2.76. The van der Waals surface area contributed by atoms with Gasteiger partial charge in [-0.1, -0.05) is 19.9 Å². The smallest absolute Gasteiger partial charge is 0.263 e. The van der Waals surface area contributed by atoms with E-state index in [-0.39, 0.29) is 11.3 Å². The number of hydrogen-bond acceptors (Lipinski definition) is 5. The number of carbonyl (C=O) groups is 1. The Morgan fingerprint density at radius 1 is 1.62 bits per heavy atom. The number of hydrogen-bond donors (Lipinski definition) is 2. The lowest BCUT2D eigenvalue weighted by Gasteiger charge is -2.20. The number of anilines is 2. The van der Waals surface area contributed by atoms with Crippen molar-refractivity contribution in [1.82, 2.24) is 5.32 Å². The minimum absolute atomic E-state index is 0.180. The first kappa shape index (κ1) is 15.7. The van der Waals surface area contributed by atoms with Gasteiger partial charge in [0.1, 0.15) is 15.6 Å². The summed E-state index contributed by atoms with van der Waals surface area (Å²) in [5.41, 5.74) is 6.79. The third-order valence-corrected chi connectivity index (χ3v) is 4.91. The number of nitrogens with zero attached hydrogens (tertiary/aromatic N) is 1. The van der Waals surface area contributed by atoms with Gasteiger partial charge in [-0.2, -0.15) is 0 Å². The largest absolute Gasteiger partial charge is 0.492 e. The number of amides is 1. The van der Waals surface area contributed by atoms with Gasteiger partial charge in [0.05, 0.1) is 7.11 Å². The topological polar surface area (TPSA) is 67.6 Å². The van der Waals surface area contributed by atoms with Crippen LogP contribution in [0.1, 0.15) is 29.9 Å². The summed E-state index contributed by atoms with van der Waals surface area (Å²) in [6.45, 7) is 10.4. The molecule has 0 saturated carbocycles. The molecule has 0 spiro atoms. The standard InChI is InChI=1S/C15H23N3O2S/c1-5-7-17-13(19)12-10(16)11(20-4)14(21-12)18-8-6-15(2,3)9-18/h5H,1,6-9,16H2,2-4H3,(H,17,19). The van der Waals surface area contributed by atoms with Gasteiger partial charge >= 0.3 is 0 Å². The number of thiophene rings is 1. The molecule has 1 aromatic heterocycles. The number of ether oxygens (including phenoxy) is 1. The molecule has 0 radical (unpaired) electrons. The Bertz CT molecular complexity index is 551. The Morgan fingerprint density at radius 3 is 2.86 bits per heavy atom. The van der Waals surface area contributed by atoms with Gasteiger partial charge in [0.2, 0.25) is 0 Å². The quantitative estimate of drug-likeness (QED) is 0.820. The fourth-order valence-corrected chi connectivity index (χ4v) is 3.65. The van der Waals surface area contributed by atoms with Gasteiger partial charge in [-0.15, -0.1) is 17.9 Å². The van der Waals surface area contributed by atoms with E-state index in [1.807, 2.05) is 0 Å². The van der Waals surface area contributed by atoms with Gasteiger partial charge in [-0.25, -0.2) is 0 Å². The second-order valence-corrected chi connectivity index (χ2v) is 7.02. The molecule has 0 aromatic carbocycles. The SMILES string of the molecule is C=CCNC(=O)c1sc(N2CCC(C)(C)C2)c(OC)c1N. The first-order chi connectivity index (χ1) is 9.89. The average molecular weight is 309 g/mol. The van der Waals surface area contributed by atoms with Gasteiger partial charge in [-0.05, 0) is 11.8 Å². The normalized spacial score (nSPS) is 16.8. The van der Waals surface area contributed by atoms with E-state index in [0.717, 1.165) is 24.5 Å². The van der Waals surface area contributed by atoms with Crippen molar-refractivity contribution in [3.8, 4) is 5.75 Å². The average Bonchev–Trinajstić information content (AvgIpc) is 2.95. The zero-order valence-corrected chi connectivity index (χ0v) is 13.7. The number of methoxy groups -OCH3 is 1. The Kier molecular flexibility index (Phi) is 4.46. The Hall–Kier alpha value is -1.69. The number of nitrogen functional groups attached to an aromatic ring is 1. The predicted molar refractivity (Wildman–Crippen MR) is 88.4 cm³/mol. The van der Waals surface area contributed by atoms with E-state index in [4.69, 9.17) is 10.5 Å². The molecule has 0 bridgehead atoms. The maximum Gasteiger partial charge on any atom is 0.263 e. The molecule has 5 nitrogen and oxygen atoms in total. The van der Waals surface area contributed by atoms with Crippen LogP contribution in [0, 0.1) is 5.41 Å². The van der Waals surface area contributed by atoms with Crippen molar-refractivity contribution in [2.45, 2.75) is 20.3 Å². The fourth-order valence-electron chi connectivity index (χ4n) is 2.52. The molecule has 1 fully saturated rings. The predicted octanol–water partition coefficient (Wildman–Crippen LogP) is 2.49. The monoisotopic (exact) mass is 309 g/mol. The highest BCUT2D eigenvalue weighted by molar-refractivity contribution is 7.19. The van der Waals surface area contributed by atoms with Crippen LogP contribution in [0.15, 0.2) is 12.7 Å². The van der Waals surface area contributed by atoms with Crippen molar-refractivity contribution in [2.75, 3.05) is 37.4 Å². The summed E-state index contributed by atoms with van der Waals surface area (Å²) in [7, 11) is 1.59. The second kappa shape index (κ2) is 5.97. The van der Waals surface area contributed by atoms with Crippen LogP contribution in [0.3, 0.4) is 0 Å². The molecule has 1 aliphatic rings. The van der Waals surface area contributed by atoms with E-state index in [9.17, 15) is 4.79 Å². The van der Waals surface area contributed by atoms with E-state index in [1.165, 1.54) is 11.3 Å². The molecule has 21 heavy (non-hydrogen) atoms. The van der Waals surface area contributed by atoms with Crippen LogP contribution in [0.25, 0.3) is 0 Å². The third-order valence-electron chi connectivity index (χ3n) is 3.66. The highest BCUT2D eigenvalue weighted by Crippen LogP contribution is 2.47. The molecule has 1 aliphatic heterocycles. The molecule has 3 N–H and O–H groups in total. The molecule has 2 rings (SSSR count). The van der Waals surface area contributed by atoms with E-state index in [2.05, 4.69) is 30.6 Å². The molecule has 0 unspecified atom stereocenters. The second-order valence-electron chi connectivity index (χ2n) is 6.02. The molecular weight excluding hydrogens is 286 g/mol. The minimum Gasteiger partial charge on any atom is -0.492 e. The molecule has 1 amide bonds. The summed E-state index contributed by atoms with van der Waals surface area (Å²) >= 11 is 1.40. The van der Waals surface area contributed by atoms with Gasteiger partial charge in [0.15, 0.2) is 5.75 Å². The number of nitrogens with one attached hydrogen (secondary N) is 1. The van der Waals surface area contributed by atoms with E-state index < -0.39 is 0 Å². The maximum atomic E-state index is 12.1. The first-order valence-electron chi connectivity index (χ1n) is 7.00. The van der Waals surface area contributed by atoms with Gasteiger partial charge in [0.25, 0.3) is 5.91 Å². The molecule has 6 heteroatoms. The van der Waals surface area contributed by atoms with E-state index in [1.54, 1.807) is 13.2 Å². The van der Waals surface area contributed by atoms with Crippen LogP contribution in [0.2, 0.25) is 0 Å². The van der Waals surface area contributed by atoms with Crippen LogP contribution < -0.4 is 20.7 Å². The van der Waals surface area contributed by atoms with Crippen molar-refractivity contribution in [2.24, 2.45) is 5.41 Å². The van der Waals surface area contributed by atoms with Gasteiger partial charge in [-0.3, -0.25) is 4.79 Å². The lowest BCUT2D eigenvalue weighted by atomic mass is 9.93. The summed E-state index contributed by atoms with van der Waals surface area (Å²) in [5, 5.41) is 3.71. The van der Waals surface area contributed by atoms with E-state index in [0.29, 0.717) is 22.9 Å². The van der Waals surface area contributed by atoms with Gasteiger partial charge < -0.3 is 20.7 Å². The number of rotatable bonds is 5. The van der Waals surface area contributed by atoms with Crippen LogP contribution in [-0.4, -0.2) is 32.7 Å². The minimum atomic E-state index is -0.180. The lowest BCUT2D eigenvalue weighted by Crippen LogP contribution is -2.23. The molecule has 2 heterocycles. The molecule has 116 valence electrons. The van der Waals surface area contributed by atoms with Crippen molar-refractivity contribution in [3.05, 3.63) is 17.5 Å². The zero-order chi connectivity index (χ0) is 15.6. The van der Waals surface area contributed by atoms with Gasteiger partial charge in [0, 0.05) is 19.6 Å². The summed E-state index contributed by atoms with van der Waals surface area (Å²) in [5.74, 6) is 0.432. The highest BCUT2D eigenvalue weighted by atomic mass is 32.1.